The second-order valence-electron chi connectivity index (χ2n) is 4.79. The van der Waals surface area contributed by atoms with Gasteiger partial charge in [-0.2, -0.15) is 4.98 Å². The Kier molecular flexibility index (Phi) is 4.13. The molecule has 1 saturated heterocycles. The number of hydrogen-bond acceptors (Lipinski definition) is 7. The zero-order chi connectivity index (χ0) is 13.9. The van der Waals surface area contributed by atoms with E-state index in [9.17, 15) is 9.90 Å². The van der Waals surface area contributed by atoms with E-state index in [1.807, 2.05) is 4.90 Å². The standard InChI is InChI=1S/C11H18N4O4/c1-12-10(17)9-13-8(19-14-9)5-15-4-2-3-11(18,6-15)7-16/h16,18H,2-7H2,1H3,(H,12,17). The van der Waals surface area contributed by atoms with Gasteiger partial charge in [0.25, 0.3) is 11.7 Å². The van der Waals surface area contributed by atoms with E-state index in [0.29, 0.717) is 25.4 Å². The Hall–Kier alpha value is -1.51. The van der Waals surface area contributed by atoms with Crippen LogP contribution in [0.1, 0.15) is 29.4 Å². The van der Waals surface area contributed by atoms with Crippen molar-refractivity contribution in [1.29, 1.82) is 0 Å². The molecule has 0 aromatic carbocycles. The number of aromatic nitrogens is 2. The molecule has 1 aliphatic heterocycles. The molecule has 19 heavy (non-hydrogen) atoms. The Bertz CT molecular complexity index is 450. The third-order valence-electron chi connectivity index (χ3n) is 3.19. The number of aliphatic hydroxyl groups is 2. The lowest BCUT2D eigenvalue weighted by atomic mass is 9.94. The molecule has 2 rings (SSSR count). The molecule has 106 valence electrons. The smallest absolute Gasteiger partial charge is 0.292 e. The molecule has 0 spiro atoms. The Morgan fingerprint density at radius 1 is 1.63 bits per heavy atom. The van der Waals surface area contributed by atoms with Gasteiger partial charge in [0.05, 0.1) is 13.2 Å². The predicted octanol–water partition coefficient (Wildman–Crippen LogP) is -1.25. The minimum atomic E-state index is -1.07. The molecule has 1 atom stereocenters. The normalized spacial score (nSPS) is 24.4. The summed E-state index contributed by atoms with van der Waals surface area (Å²) in [6, 6.07) is 0. The summed E-state index contributed by atoms with van der Waals surface area (Å²) in [5, 5.41) is 25.2. The lowest BCUT2D eigenvalue weighted by molar-refractivity contribution is -0.0702. The van der Waals surface area contributed by atoms with E-state index in [1.54, 1.807) is 0 Å². The molecule has 0 aliphatic carbocycles. The van der Waals surface area contributed by atoms with Gasteiger partial charge >= 0.3 is 0 Å². The summed E-state index contributed by atoms with van der Waals surface area (Å²) in [5.74, 6) is -0.0896. The zero-order valence-corrected chi connectivity index (χ0v) is 10.8. The number of β-amino-alcohol motifs (C(OH)–C–C–N with tert-alkyl or cyclic N) is 1. The molecule has 3 N–H and O–H groups in total. The summed E-state index contributed by atoms with van der Waals surface area (Å²) >= 11 is 0. The topological polar surface area (TPSA) is 112 Å². The minimum Gasteiger partial charge on any atom is -0.393 e. The Labute approximate surface area is 110 Å². The molecule has 0 saturated carbocycles. The van der Waals surface area contributed by atoms with Gasteiger partial charge in [0.2, 0.25) is 5.89 Å². The predicted molar refractivity (Wildman–Crippen MR) is 64.2 cm³/mol. The van der Waals surface area contributed by atoms with Crippen LogP contribution in [-0.4, -0.2) is 63.5 Å². The van der Waals surface area contributed by atoms with Crippen molar-refractivity contribution >= 4 is 5.91 Å². The molecule has 1 amide bonds. The molecule has 1 unspecified atom stereocenters. The SMILES string of the molecule is CNC(=O)c1noc(CN2CCCC(O)(CO)C2)n1. The molecule has 2 heterocycles. The summed E-state index contributed by atoms with van der Waals surface area (Å²) in [4.78, 5) is 17.2. The number of nitrogens with zero attached hydrogens (tertiary/aromatic N) is 3. The number of carbonyl (C=O) groups excluding carboxylic acids is 1. The van der Waals surface area contributed by atoms with Gasteiger partial charge in [-0.3, -0.25) is 9.69 Å². The molecule has 0 radical (unpaired) electrons. The first kappa shape index (κ1) is 13.9. The van der Waals surface area contributed by atoms with E-state index in [1.165, 1.54) is 7.05 Å². The maximum absolute atomic E-state index is 11.3. The highest BCUT2D eigenvalue weighted by molar-refractivity contribution is 5.89. The van der Waals surface area contributed by atoms with Gasteiger partial charge < -0.3 is 20.1 Å². The Morgan fingerprint density at radius 2 is 2.42 bits per heavy atom. The van der Waals surface area contributed by atoms with E-state index in [-0.39, 0.29) is 12.4 Å². The van der Waals surface area contributed by atoms with E-state index < -0.39 is 11.5 Å². The molecule has 8 heteroatoms. The second kappa shape index (κ2) is 5.64. The second-order valence-corrected chi connectivity index (χ2v) is 4.79. The average Bonchev–Trinajstić information content (AvgIpc) is 2.86. The highest BCUT2D eigenvalue weighted by atomic mass is 16.5. The lowest BCUT2D eigenvalue weighted by Crippen LogP contribution is -2.50. The van der Waals surface area contributed by atoms with E-state index >= 15 is 0 Å². The molecule has 1 aliphatic rings. The monoisotopic (exact) mass is 270 g/mol. The molecule has 1 aromatic heterocycles. The zero-order valence-electron chi connectivity index (χ0n) is 10.8. The van der Waals surface area contributed by atoms with E-state index in [4.69, 9.17) is 9.63 Å². The van der Waals surface area contributed by atoms with Gasteiger partial charge in [-0.25, -0.2) is 0 Å². The first-order valence-corrected chi connectivity index (χ1v) is 6.16. The summed E-state index contributed by atoms with van der Waals surface area (Å²) in [6.45, 7) is 1.21. The van der Waals surface area contributed by atoms with Crippen molar-refractivity contribution in [3.05, 3.63) is 11.7 Å². The minimum absolute atomic E-state index is 0.00747. The lowest BCUT2D eigenvalue weighted by Gasteiger charge is -2.37. The van der Waals surface area contributed by atoms with Crippen LogP contribution in [0.5, 0.6) is 0 Å². The van der Waals surface area contributed by atoms with Gasteiger partial charge in [-0.05, 0) is 19.4 Å². The number of nitrogens with one attached hydrogen (secondary N) is 1. The first-order chi connectivity index (χ1) is 9.06. The summed E-state index contributed by atoms with van der Waals surface area (Å²) in [5.41, 5.74) is -1.07. The first-order valence-electron chi connectivity index (χ1n) is 6.16. The molecule has 0 bridgehead atoms. The molecular weight excluding hydrogens is 252 g/mol. The van der Waals surface area contributed by atoms with Crippen LogP contribution in [0, 0.1) is 0 Å². The maximum Gasteiger partial charge on any atom is 0.292 e. The van der Waals surface area contributed by atoms with Crippen LogP contribution in [0.25, 0.3) is 0 Å². The number of likely N-dealkylation sites (tertiary alicyclic amines) is 1. The molecule has 8 nitrogen and oxygen atoms in total. The van der Waals surface area contributed by atoms with Crippen LogP contribution in [-0.2, 0) is 6.54 Å². The van der Waals surface area contributed by atoms with Crippen molar-refractivity contribution in [2.24, 2.45) is 0 Å². The Balaban J connectivity index is 1.97. The highest BCUT2D eigenvalue weighted by Gasteiger charge is 2.33. The summed E-state index contributed by atoms with van der Waals surface area (Å²) < 4.78 is 4.98. The third-order valence-corrected chi connectivity index (χ3v) is 3.19. The van der Waals surface area contributed by atoms with Gasteiger partial charge in [0.1, 0.15) is 5.60 Å². The number of rotatable bonds is 4. The van der Waals surface area contributed by atoms with Crippen LogP contribution in [0.4, 0.5) is 0 Å². The number of amides is 1. The van der Waals surface area contributed by atoms with Crippen LogP contribution >= 0.6 is 0 Å². The number of aliphatic hydroxyl groups excluding tert-OH is 1. The largest absolute Gasteiger partial charge is 0.393 e. The number of hydrogen-bond donors (Lipinski definition) is 3. The quantitative estimate of drug-likeness (QED) is 0.626. The van der Waals surface area contributed by atoms with Gasteiger partial charge in [-0.15, -0.1) is 0 Å². The van der Waals surface area contributed by atoms with E-state index in [2.05, 4.69) is 15.5 Å². The summed E-state index contributed by atoms with van der Waals surface area (Å²) in [6.07, 6.45) is 1.36. The van der Waals surface area contributed by atoms with Crippen molar-refractivity contribution < 1.29 is 19.5 Å². The maximum atomic E-state index is 11.3. The average molecular weight is 270 g/mol. The highest BCUT2D eigenvalue weighted by Crippen LogP contribution is 2.21. The fraction of sp³-hybridized carbons (Fsp3) is 0.727. The fourth-order valence-electron chi connectivity index (χ4n) is 2.18. The van der Waals surface area contributed by atoms with Crippen LogP contribution in [0.3, 0.4) is 0 Å². The van der Waals surface area contributed by atoms with Gasteiger partial charge in [0, 0.05) is 13.6 Å². The summed E-state index contributed by atoms with van der Waals surface area (Å²) in [7, 11) is 1.49. The van der Waals surface area contributed by atoms with Crippen molar-refractivity contribution in [3.63, 3.8) is 0 Å². The Morgan fingerprint density at radius 3 is 3.11 bits per heavy atom. The van der Waals surface area contributed by atoms with Crippen LogP contribution in [0.15, 0.2) is 4.52 Å². The fourth-order valence-corrected chi connectivity index (χ4v) is 2.18. The van der Waals surface area contributed by atoms with Crippen LogP contribution in [0.2, 0.25) is 0 Å². The van der Waals surface area contributed by atoms with Crippen LogP contribution < -0.4 is 5.32 Å². The molecular formula is C11H18N4O4. The van der Waals surface area contributed by atoms with Crippen molar-refractivity contribution in [2.75, 3.05) is 26.7 Å². The number of carbonyl (C=O) groups is 1. The number of piperidine rings is 1. The van der Waals surface area contributed by atoms with Gasteiger partial charge in [-0.1, -0.05) is 5.16 Å². The van der Waals surface area contributed by atoms with Crippen molar-refractivity contribution in [1.82, 2.24) is 20.4 Å². The molecule has 1 fully saturated rings. The van der Waals surface area contributed by atoms with Crippen molar-refractivity contribution in [2.45, 2.75) is 25.0 Å². The van der Waals surface area contributed by atoms with Gasteiger partial charge in [0.15, 0.2) is 0 Å². The van der Waals surface area contributed by atoms with Crippen molar-refractivity contribution in [3.8, 4) is 0 Å². The third kappa shape index (κ3) is 3.28. The molecule has 1 aromatic rings. The van der Waals surface area contributed by atoms with E-state index in [0.717, 1.165) is 13.0 Å².